The van der Waals surface area contributed by atoms with Crippen LogP contribution < -0.4 is 0 Å². The van der Waals surface area contributed by atoms with Gasteiger partial charge in [-0.3, -0.25) is 4.90 Å². The molecule has 1 heterocycles. The summed E-state index contributed by atoms with van der Waals surface area (Å²) in [5.41, 5.74) is -1.51. The second-order valence-corrected chi connectivity index (χ2v) is 6.77. The number of esters is 1. The van der Waals surface area contributed by atoms with Gasteiger partial charge < -0.3 is 14.2 Å². The number of amides is 1. The first kappa shape index (κ1) is 19.4. The molecule has 0 aromatic heterocycles. The normalized spacial score (nSPS) is 21.3. The lowest BCUT2D eigenvalue weighted by atomic mass is 10.1. The molecule has 0 aliphatic carbocycles. The van der Waals surface area contributed by atoms with Crippen LogP contribution in [0.15, 0.2) is 11.9 Å². The highest BCUT2D eigenvalue weighted by molar-refractivity contribution is 5.85. The minimum Gasteiger partial charge on any atom is -0.461 e. The summed E-state index contributed by atoms with van der Waals surface area (Å²) < 4.78 is 29.2. The fourth-order valence-corrected chi connectivity index (χ4v) is 2.26. The Balaban J connectivity index is 2.83. The predicted octanol–water partition coefficient (Wildman–Crippen LogP) is 3.17. The Bertz CT molecular complexity index is 481. The van der Waals surface area contributed by atoms with Crippen molar-refractivity contribution in [3.63, 3.8) is 0 Å². The van der Waals surface area contributed by atoms with Gasteiger partial charge >= 0.3 is 12.1 Å². The minimum atomic E-state index is -1.01. The number of carbonyl (C=O) groups is 2. The molecule has 1 aliphatic rings. The van der Waals surface area contributed by atoms with E-state index in [1.807, 2.05) is 0 Å². The number of halogens is 1. The van der Waals surface area contributed by atoms with Crippen LogP contribution in [0.25, 0.3) is 0 Å². The van der Waals surface area contributed by atoms with Crippen molar-refractivity contribution in [3.05, 3.63) is 11.9 Å². The Kier molecular flexibility index (Phi) is 6.16. The molecule has 0 aromatic carbocycles. The Morgan fingerprint density at radius 1 is 1.39 bits per heavy atom. The zero-order valence-electron chi connectivity index (χ0n) is 14.6. The third-order valence-corrected chi connectivity index (χ3v) is 3.20. The summed E-state index contributed by atoms with van der Waals surface area (Å²) in [5, 5.41) is 0. The maximum atomic E-state index is 13.6. The van der Waals surface area contributed by atoms with Gasteiger partial charge in [-0.05, 0) is 54.0 Å². The molecule has 1 fully saturated rings. The van der Waals surface area contributed by atoms with Crippen LogP contribution in [0.1, 0.15) is 48.0 Å². The van der Waals surface area contributed by atoms with E-state index >= 15 is 0 Å². The molecule has 1 rings (SSSR count). The summed E-state index contributed by atoms with van der Waals surface area (Å²) in [6.45, 7) is 10.7. The van der Waals surface area contributed by atoms with E-state index in [0.29, 0.717) is 0 Å². The fraction of sp³-hybridized carbons (Fsp3) is 0.750. The maximum Gasteiger partial charge on any atom is 0.412 e. The van der Waals surface area contributed by atoms with Gasteiger partial charge in [-0.15, -0.1) is 0 Å². The third kappa shape index (κ3) is 5.49. The number of hydrogen-bond acceptors (Lipinski definition) is 5. The molecular formula is C16H26FNO5. The van der Waals surface area contributed by atoms with E-state index in [4.69, 9.17) is 9.47 Å². The van der Waals surface area contributed by atoms with Gasteiger partial charge in [0, 0.05) is 0 Å². The fourth-order valence-electron chi connectivity index (χ4n) is 2.26. The number of ether oxygens (including phenoxy) is 3. The van der Waals surface area contributed by atoms with Crippen LogP contribution in [-0.4, -0.2) is 47.5 Å². The SMILES string of the molecule is CCOC(=O)C(F)=CC[C@H]1COC(C)(C)N1C(=O)OC(C)(C)C. The van der Waals surface area contributed by atoms with Crippen LogP contribution in [0, 0.1) is 0 Å². The van der Waals surface area contributed by atoms with Gasteiger partial charge in [-0.25, -0.2) is 9.59 Å². The van der Waals surface area contributed by atoms with Crippen LogP contribution in [0.2, 0.25) is 0 Å². The standard InChI is InChI=1S/C16H26FNO5/c1-7-21-13(19)12(17)9-8-11-10-22-16(5,6)18(11)14(20)23-15(2,3)4/h9,11H,7-8,10H2,1-6H3/t11-/m0/s1. The van der Waals surface area contributed by atoms with E-state index in [-0.39, 0.29) is 19.6 Å². The van der Waals surface area contributed by atoms with E-state index in [2.05, 4.69) is 4.74 Å². The van der Waals surface area contributed by atoms with E-state index < -0.39 is 35.3 Å². The third-order valence-electron chi connectivity index (χ3n) is 3.20. The number of nitrogens with zero attached hydrogens (tertiary/aromatic N) is 1. The van der Waals surface area contributed by atoms with E-state index in [9.17, 15) is 14.0 Å². The highest BCUT2D eigenvalue weighted by Gasteiger charge is 2.45. The van der Waals surface area contributed by atoms with Crippen molar-refractivity contribution in [3.8, 4) is 0 Å². The first-order valence-electron chi connectivity index (χ1n) is 7.67. The Morgan fingerprint density at radius 2 is 2.00 bits per heavy atom. The van der Waals surface area contributed by atoms with Crippen molar-refractivity contribution in [1.82, 2.24) is 4.90 Å². The van der Waals surface area contributed by atoms with Crippen molar-refractivity contribution >= 4 is 12.1 Å². The molecule has 132 valence electrons. The number of rotatable bonds is 4. The average Bonchev–Trinajstić information content (AvgIpc) is 2.69. The van der Waals surface area contributed by atoms with E-state index in [0.717, 1.165) is 6.08 Å². The Labute approximate surface area is 136 Å². The molecule has 0 N–H and O–H groups in total. The molecule has 0 aromatic rings. The van der Waals surface area contributed by atoms with Crippen LogP contribution >= 0.6 is 0 Å². The van der Waals surface area contributed by atoms with Gasteiger partial charge in [0.2, 0.25) is 5.83 Å². The molecular weight excluding hydrogens is 305 g/mol. The topological polar surface area (TPSA) is 65.1 Å². The lowest BCUT2D eigenvalue weighted by molar-refractivity contribution is -0.140. The lowest BCUT2D eigenvalue weighted by Crippen LogP contribution is -2.49. The van der Waals surface area contributed by atoms with Crippen molar-refractivity contribution in [2.45, 2.75) is 65.3 Å². The van der Waals surface area contributed by atoms with Crippen LogP contribution in [-0.2, 0) is 19.0 Å². The highest BCUT2D eigenvalue weighted by Crippen LogP contribution is 2.31. The monoisotopic (exact) mass is 331 g/mol. The summed E-state index contributed by atoms with van der Waals surface area (Å²) in [4.78, 5) is 25.1. The predicted molar refractivity (Wildman–Crippen MR) is 82.3 cm³/mol. The second-order valence-electron chi connectivity index (χ2n) is 6.77. The quantitative estimate of drug-likeness (QED) is 0.585. The zero-order chi connectivity index (χ0) is 17.8. The summed E-state index contributed by atoms with van der Waals surface area (Å²) in [7, 11) is 0. The largest absolute Gasteiger partial charge is 0.461 e. The molecule has 1 amide bonds. The Hall–Kier alpha value is -1.63. The molecule has 1 saturated heterocycles. The van der Waals surface area contributed by atoms with Gasteiger partial charge in [0.25, 0.3) is 0 Å². The van der Waals surface area contributed by atoms with Crippen LogP contribution in [0.5, 0.6) is 0 Å². The summed E-state index contributed by atoms with van der Waals surface area (Å²) >= 11 is 0. The molecule has 1 atom stereocenters. The molecule has 0 bridgehead atoms. The summed E-state index contributed by atoms with van der Waals surface area (Å²) in [6.07, 6.45) is 0.716. The lowest BCUT2D eigenvalue weighted by Gasteiger charge is -2.34. The highest BCUT2D eigenvalue weighted by atomic mass is 19.1. The first-order chi connectivity index (χ1) is 10.5. The summed E-state index contributed by atoms with van der Waals surface area (Å²) in [6, 6.07) is -0.417. The number of carbonyl (C=O) groups excluding carboxylic acids is 2. The maximum absolute atomic E-state index is 13.6. The van der Waals surface area contributed by atoms with Crippen molar-refractivity contribution in [1.29, 1.82) is 0 Å². The van der Waals surface area contributed by atoms with Gasteiger partial charge in [-0.2, -0.15) is 4.39 Å². The minimum absolute atomic E-state index is 0.101. The van der Waals surface area contributed by atoms with Crippen LogP contribution in [0.3, 0.4) is 0 Å². The molecule has 7 heteroatoms. The molecule has 0 saturated carbocycles. The van der Waals surface area contributed by atoms with Crippen molar-refractivity contribution in [2.75, 3.05) is 13.2 Å². The summed E-state index contributed by atoms with van der Waals surface area (Å²) in [5.74, 6) is -1.98. The van der Waals surface area contributed by atoms with Gasteiger partial charge in [0.1, 0.15) is 11.3 Å². The first-order valence-corrected chi connectivity index (χ1v) is 7.67. The van der Waals surface area contributed by atoms with E-state index in [1.54, 1.807) is 41.5 Å². The van der Waals surface area contributed by atoms with Gasteiger partial charge in [-0.1, -0.05) is 0 Å². The van der Waals surface area contributed by atoms with Crippen molar-refractivity contribution < 1.29 is 28.2 Å². The molecule has 23 heavy (non-hydrogen) atoms. The second kappa shape index (κ2) is 7.29. The Morgan fingerprint density at radius 3 is 2.52 bits per heavy atom. The molecule has 0 spiro atoms. The molecule has 0 unspecified atom stereocenters. The van der Waals surface area contributed by atoms with Gasteiger partial charge in [0.05, 0.1) is 19.3 Å². The van der Waals surface area contributed by atoms with Gasteiger partial charge in [0.15, 0.2) is 0 Å². The molecule has 0 radical (unpaired) electrons. The van der Waals surface area contributed by atoms with Crippen LogP contribution in [0.4, 0.5) is 9.18 Å². The molecule has 1 aliphatic heterocycles. The number of hydrogen-bond donors (Lipinski definition) is 0. The average molecular weight is 331 g/mol. The van der Waals surface area contributed by atoms with Crippen molar-refractivity contribution in [2.24, 2.45) is 0 Å². The molecule has 6 nitrogen and oxygen atoms in total. The smallest absolute Gasteiger partial charge is 0.412 e. The van der Waals surface area contributed by atoms with E-state index in [1.165, 1.54) is 4.90 Å². The zero-order valence-corrected chi connectivity index (χ0v) is 14.6.